The fourth-order valence-electron chi connectivity index (χ4n) is 1.63. The van der Waals surface area contributed by atoms with Gasteiger partial charge >= 0.3 is 0 Å². The van der Waals surface area contributed by atoms with E-state index in [1.54, 1.807) is 25.3 Å². The lowest BCUT2D eigenvalue weighted by Crippen LogP contribution is -2.03. The van der Waals surface area contributed by atoms with E-state index in [1.807, 2.05) is 31.2 Å². The highest BCUT2D eigenvalue weighted by Crippen LogP contribution is 2.21. The third kappa shape index (κ3) is 2.50. The molecule has 0 aliphatic rings. The number of nitrogens with one attached hydrogen (secondary N) is 1. The lowest BCUT2D eigenvalue weighted by Gasteiger charge is -2.10. The van der Waals surface area contributed by atoms with Crippen molar-refractivity contribution in [3.63, 3.8) is 0 Å². The van der Waals surface area contributed by atoms with E-state index < -0.39 is 0 Å². The number of hydrogen-bond donors (Lipinski definition) is 1. The lowest BCUT2D eigenvalue weighted by atomic mass is 10.1. The molecule has 0 fully saturated rings. The molecule has 17 heavy (non-hydrogen) atoms. The largest absolute Gasteiger partial charge is 0.339 e. The van der Waals surface area contributed by atoms with Crippen molar-refractivity contribution in [2.45, 2.75) is 13.8 Å². The van der Waals surface area contributed by atoms with Crippen molar-refractivity contribution in [3.05, 3.63) is 53.7 Å². The Kier molecular flexibility index (Phi) is 3.19. The summed E-state index contributed by atoms with van der Waals surface area (Å²) in [6.07, 6.45) is 1.67. The smallest absolute Gasteiger partial charge is 0.163 e. The van der Waals surface area contributed by atoms with Gasteiger partial charge in [-0.2, -0.15) is 0 Å². The highest BCUT2D eigenvalue weighted by Gasteiger charge is 2.08. The van der Waals surface area contributed by atoms with Crippen LogP contribution in [0.1, 0.15) is 22.8 Å². The molecule has 0 aliphatic heterocycles. The quantitative estimate of drug-likeness (QED) is 0.816. The average molecular weight is 226 g/mol. The van der Waals surface area contributed by atoms with Crippen LogP contribution in [0.3, 0.4) is 0 Å². The molecule has 0 atom stereocenters. The van der Waals surface area contributed by atoms with Crippen LogP contribution in [0.4, 0.5) is 11.5 Å². The standard InChI is InChI=1S/C14H14N2O/c1-10-6-3-4-8-13(10)16-14-12(11(2)17)7-5-9-15-14/h3-9H,1-2H3,(H,15,16). The first-order chi connectivity index (χ1) is 8.18. The van der Waals surface area contributed by atoms with Gasteiger partial charge in [0, 0.05) is 11.9 Å². The second-order valence-electron chi connectivity index (χ2n) is 3.90. The van der Waals surface area contributed by atoms with Gasteiger partial charge in [-0.15, -0.1) is 0 Å². The molecule has 0 unspecified atom stereocenters. The summed E-state index contributed by atoms with van der Waals surface area (Å²) in [5.74, 6) is 0.614. The number of benzene rings is 1. The zero-order valence-corrected chi connectivity index (χ0v) is 9.90. The number of pyridine rings is 1. The second-order valence-corrected chi connectivity index (χ2v) is 3.90. The molecular weight excluding hydrogens is 212 g/mol. The molecule has 0 amide bonds. The van der Waals surface area contributed by atoms with Crippen LogP contribution >= 0.6 is 0 Å². The van der Waals surface area contributed by atoms with Gasteiger partial charge in [0.25, 0.3) is 0 Å². The molecule has 1 aromatic heterocycles. The topological polar surface area (TPSA) is 42.0 Å². The maximum absolute atomic E-state index is 11.5. The van der Waals surface area contributed by atoms with Crippen LogP contribution in [-0.4, -0.2) is 10.8 Å². The second kappa shape index (κ2) is 4.78. The molecule has 3 heteroatoms. The molecule has 1 aromatic carbocycles. The molecule has 0 bridgehead atoms. The van der Waals surface area contributed by atoms with Crippen molar-refractivity contribution in [3.8, 4) is 0 Å². The Bertz CT molecular complexity index is 549. The summed E-state index contributed by atoms with van der Waals surface area (Å²) >= 11 is 0. The van der Waals surface area contributed by atoms with Crippen molar-refractivity contribution < 1.29 is 4.79 Å². The molecule has 0 saturated heterocycles. The normalized spacial score (nSPS) is 10.0. The number of rotatable bonds is 3. The number of ketones is 1. The van der Waals surface area contributed by atoms with Gasteiger partial charge in [0.2, 0.25) is 0 Å². The van der Waals surface area contributed by atoms with Crippen LogP contribution in [-0.2, 0) is 0 Å². The molecule has 2 aromatic rings. The van der Waals surface area contributed by atoms with Gasteiger partial charge in [-0.1, -0.05) is 18.2 Å². The predicted octanol–water partition coefficient (Wildman–Crippen LogP) is 3.34. The summed E-state index contributed by atoms with van der Waals surface area (Å²) in [6, 6.07) is 11.4. The van der Waals surface area contributed by atoms with Crippen LogP contribution in [0, 0.1) is 6.92 Å². The lowest BCUT2D eigenvalue weighted by molar-refractivity contribution is 0.101. The first kappa shape index (κ1) is 11.3. The molecule has 0 saturated carbocycles. The zero-order valence-electron chi connectivity index (χ0n) is 9.90. The summed E-state index contributed by atoms with van der Waals surface area (Å²) in [6.45, 7) is 3.55. The van der Waals surface area contributed by atoms with Gasteiger partial charge in [0.05, 0.1) is 5.56 Å². The number of aryl methyl sites for hydroxylation is 1. The highest BCUT2D eigenvalue weighted by molar-refractivity contribution is 5.99. The van der Waals surface area contributed by atoms with Crippen LogP contribution in [0.25, 0.3) is 0 Å². The van der Waals surface area contributed by atoms with Crippen LogP contribution in [0.2, 0.25) is 0 Å². The molecule has 0 spiro atoms. The van der Waals surface area contributed by atoms with Gasteiger partial charge in [-0.25, -0.2) is 4.98 Å². The van der Waals surface area contributed by atoms with Crippen molar-refractivity contribution in [1.29, 1.82) is 0 Å². The fraction of sp³-hybridized carbons (Fsp3) is 0.143. The first-order valence-corrected chi connectivity index (χ1v) is 5.47. The van der Waals surface area contributed by atoms with Crippen molar-refractivity contribution in [2.75, 3.05) is 5.32 Å². The van der Waals surface area contributed by atoms with E-state index in [2.05, 4.69) is 10.3 Å². The Hall–Kier alpha value is -2.16. The molecule has 3 nitrogen and oxygen atoms in total. The minimum Gasteiger partial charge on any atom is -0.339 e. The summed E-state index contributed by atoms with van der Waals surface area (Å²) in [5, 5.41) is 3.19. The minimum absolute atomic E-state index is 0.00850. The SMILES string of the molecule is CC(=O)c1cccnc1Nc1ccccc1C. The van der Waals surface area contributed by atoms with Crippen molar-refractivity contribution in [1.82, 2.24) is 4.98 Å². The zero-order chi connectivity index (χ0) is 12.3. The van der Waals surface area contributed by atoms with E-state index in [0.717, 1.165) is 11.3 Å². The molecule has 1 N–H and O–H groups in total. The van der Waals surface area contributed by atoms with E-state index in [-0.39, 0.29) is 5.78 Å². The molecule has 86 valence electrons. The van der Waals surface area contributed by atoms with E-state index in [9.17, 15) is 4.79 Å². The average Bonchev–Trinajstić information content (AvgIpc) is 2.32. The number of hydrogen-bond acceptors (Lipinski definition) is 3. The number of carbonyl (C=O) groups is 1. The molecule has 1 heterocycles. The van der Waals surface area contributed by atoms with Gasteiger partial charge < -0.3 is 5.32 Å². The number of aromatic nitrogens is 1. The van der Waals surface area contributed by atoms with Gasteiger partial charge in [0.15, 0.2) is 5.78 Å². The third-order valence-corrected chi connectivity index (χ3v) is 2.59. The maximum Gasteiger partial charge on any atom is 0.163 e. The van der Waals surface area contributed by atoms with E-state index in [4.69, 9.17) is 0 Å². The van der Waals surface area contributed by atoms with E-state index >= 15 is 0 Å². The molecular formula is C14H14N2O. The summed E-state index contributed by atoms with van der Waals surface area (Å²) in [5.41, 5.74) is 2.69. The van der Waals surface area contributed by atoms with E-state index in [1.165, 1.54) is 0 Å². The fourth-order valence-corrected chi connectivity index (χ4v) is 1.63. The molecule has 0 aliphatic carbocycles. The van der Waals surface area contributed by atoms with Gasteiger partial charge in [0.1, 0.15) is 5.82 Å². The highest BCUT2D eigenvalue weighted by atomic mass is 16.1. The monoisotopic (exact) mass is 226 g/mol. The number of anilines is 2. The Morgan fingerprint density at radius 2 is 1.94 bits per heavy atom. The van der Waals surface area contributed by atoms with Crippen molar-refractivity contribution in [2.24, 2.45) is 0 Å². The van der Waals surface area contributed by atoms with Crippen molar-refractivity contribution >= 4 is 17.3 Å². The Balaban J connectivity index is 2.37. The predicted molar refractivity (Wildman–Crippen MR) is 68.7 cm³/mol. The summed E-state index contributed by atoms with van der Waals surface area (Å²) < 4.78 is 0. The summed E-state index contributed by atoms with van der Waals surface area (Å²) in [7, 11) is 0. The van der Waals surface area contributed by atoms with Crippen LogP contribution < -0.4 is 5.32 Å². The third-order valence-electron chi connectivity index (χ3n) is 2.59. The van der Waals surface area contributed by atoms with Crippen LogP contribution in [0.15, 0.2) is 42.6 Å². The molecule has 2 rings (SSSR count). The number of carbonyl (C=O) groups excluding carboxylic acids is 1. The van der Waals surface area contributed by atoms with Crippen LogP contribution in [0.5, 0.6) is 0 Å². The van der Waals surface area contributed by atoms with Gasteiger partial charge in [-0.3, -0.25) is 4.79 Å². The minimum atomic E-state index is 0.00850. The number of para-hydroxylation sites is 1. The first-order valence-electron chi connectivity index (χ1n) is 5.47. The van der Waals surface area contributed by atoms with E-state index in [0.29, 0.717) is 11.4 Å². The Morgan fingerprint density at radius 3 is 2.65 bits per heavy atom. The summed E-state index contributed by atoms with van der Waals surface area (Å²) in [4.78, 5) is 15.7. The Labute approximate surface area is 101 Å². The Morgan fingerprint density at radius 1 is 1.18 bits per heavy atom. The number of Topliss-reactive ketones (excluding diaryl/α,β-unsaturated/α-hetero) is 1. The maximum atomic E-state index is 11.5. The van der Waals surface area contributed by atoms with Gasteiger partial charge in [-0.05, 0) is 37.6 Å². The molecule has 0 radical (unpaired) electrons. The number of nitrogens with zero attached hydrogens (tertiary/aromatic N) is 1.